The highest BCUT2D eigenvalue weighted by Crippen LogP contribution is 2.22. The van der Waals surface area contributed by atoms with Gasteiger partial charge in [-0.1, -0.05) is 43.2 Å². The first-order valence-corrected chi connectivity index (χ1v) is 13.3. The summed E-state index contributed by atoms with van der Waals surface area (Å²) in [5, 5.41) is 3.16. The predicted molar refractivity (Wildman–Crippen MR) is 142 cm³/mol. The van der Waals surface area contributed by atoms with E-state index in [1.165, 1.54) is 25.7 Å². The lowest BCUT2D eigenvalue weighted by Gasteiger charge is -2.32. The van der Waals surface area contributed by atoms with Gasteiger partial charge in [-0.25, -0.2) is 9.97 Å². The van der Waals surface area contributed by atoms with Crippen LogP contribution in [0.25, 0.3) is 11.2 Å². The highest BCUT2D eigenvalue weighted by atomic mass is 16.2. The van der Waals surface area contributed by atoms with Crippen LogP contribution in [0.2, 0.25) is 0 Å². The molecule has 190 valence electrons. The van der Waals surface area contributed by atoms with Gasteiger partial charge in [0.15, 0.2) is 11.5 Å². The lowest BCUT2D eigenvalue weighted by atomic mass is 9.96. The number of hydrogen-bond acceptors (Lipinski definition) is 6. The molecule has 2 aliphatic heterocycles. The predicted octanol–water partition coefficient (Wildman–Crippen LogP) is 3.05. The largest absolute Gasteiger partial charge is 0.355 e. The van der Waals surface area contributed by atoms with Gasteiger partial charge in [0.2, 0.25) is 5.91 Å². The summed E-state index contributed by atoms with van der Waals surface area (Å²) in [6.45, 7) is 5.66. The zero-order valence-electron chi connectivity index (χ0n) is 20.9. The summed E-state index contributed by atoms with van der Waals surface area (Å²) in [5.74, 6) is 0.576. The second kappa shape index (κ2) is 11.6. The fourth-order valence-corrected chi connectivity index (χ4v) is 5.38. The Morgan fingerprint density at radius 1 is 0.944 bits per heavy atom. The third-order valence-corrected chi connectivity index (χ3v) is 7.46. The number of hydrogen-bond donors (Lipinski definition) is 1. The average molecular weight is 489 g/mol. The Morgan fingerprint density at radius 3 is 2.44 bits per heavy atom. The van der Waals surface area contributed by atoms with Gasteiger partial charge in [-0.2, -0.15) is 0 Å². The van der Waals surface area contributed by atoms with Crippen molar-refractivity contribution in [2.45, 2.75) is 45.1 Å². The van der Waals surface area contributed by atoms with Gasteiger partial charge >= 0.3 is 0 Å². The summed E-state index contributed by atoms with van der Waals surface area (Å²) in [4.78, 5) is 40.0. The van der Waals surface area contributed by atoms with Gasteiger partial charge in [-0.05, 0) is 56.5 Å². The van der Waals surface area contributed by atoms with Crippen LogP contribution in [0.5, 0.6) is 0 Å². The number of piperidine rings is 1. The summed E-state index contributed by atoms with van der Waals surface area (Å²) in [5.41, 5.74) is 2.20. The van der Waals surface area contributed by atoms with E-state index in [1.807, 2.05) is 47.4 Å². The molecule has 1 aromatic carbocycles. The summed E-state index contributed by atoms with van der Waals surface area (Å²) in [6.07, 6.45) is 8.31. The fraction of sp³-hybridized carbons (Fsp3) is 0.500. The van der Waals surface area contributed by atoms with Crippen LogP contribution >= 0.6 is 0 Å². The lowest BCUT2D eigenvalue weighted by Crippen LogP contribution is -2.44. The lowest BCUT2D eigenvalue weighted by molar-refractivity contribution is -0.125. The molecular weight excluding hydrogens is 452 g/mol. The van der Waals surface area contributed by atoms with E-state index in [9.17, 15) is 9.59 Å². The molecule has 0 bridgehead atoms. The highest BCUT2D eigenvalue weighted by molar-refractivity contribution is 5.79. The maximum absolute atomic E-state index is 13.6. The number of amides is 1. The van der Waals surface area contributed by atoms with E-state index in [4.69, 9.17) is 4.98 Å². The third kappa shape index (κ3) is 5.75. The number of carbonyl (C=O) groups is 1. The Hall–Kier alpha value is -3.26. The van der Waals surface area contributed by atoms with Crippen LogP contribution in [0.1, 0.15) is 44.1 Å². The number of aromatic nitrogens is 3. The molecule has 1 amide bonds. The van der Waals surface area contributed by atoms with E-state index >= 15 is 0 Å². The summed E-state index contributed by atoms with van der Waals surface area (Å²) in [7, 11) is 0. The standard InChI is InChI=1S/C28H36N6O2/c35-27(30-15-20-32-16-6-1-2-7-17-32)23-12-18-33(19-13-23)26-28(36)34(21-22-9-4-3-5-10-22)25-24(31-26)11-8-14-29-25/h3-5,8-11,14,23H,1-2,6-7,12-13,15-21H2,(H,30,35). The number of fused-ring (bicyclic) bond motifs is 1. The molecular formula is C28H36N6O2. The maximum atomic E-state index is 13.6. The molecule has 1 N–H and O–H groups in total. The Labute approximate surface area is 212 Å². The monoisotopic (exact) mass is 488 g/mol. The quantitative estimate of drug-likeness (QED) is 0.550. The number of nitrogens with one attached hydrogen (secondary N) is 1. The smallest absolute Gasteiger partial charge is 0.295 e. The van der Waals surface area contributed by atoms with Crippen molar-refractivity contribution < 1.29 is 4.79 Å². The molecule has 0 spiro atoms. The molecule has 5 rings (SSSR count). The number of anilines is 1. The molecule has 0 saturated carbocycles. The van der Waals surface area contributed by atoms with Crippen molar-refractivity contribution in [3.8, 4) is 0 Å². The van der Waals surface area contributed by atoms with E-state index in [0.29, 0.717) is 43.2 Å². The molecule has 3 aromatic rings. The zero-order valence-corrected chi connectivity index (χ0v) is 20.9. The molecule has 2 saturated heterocycles. The SMILES string of the molecule is O=C(NCCN1CCCCCC1)C1CCN(c2nc3cccnc3n(Cc3ccccc3)c2=O)CC1. The van der Waals surface area contributed by atoms with Gasteiger partial charge in [0.05, 0.1) is 6.54 Å². The molecule has 8 nitrogen and oxygen atoms in total. The van der Waals surface area contributed by atoms with Gasteiger partial charge in [0.25, 0.3) is 5.56 Å². The summed E-state index contributed by atoms with van der Waals surface area (Å²) in [6, 6.07) is 13.7. The van der Waals surface area contributed by atoms with Gasteiger partial charge in [0, 0.05) is 38.3 Å². The van der Waals surface area contributed by atoms with E-state index < -0.39 is 0 Å². The molecule has 2 fully saturated rings. The van der Waals surface area contributed by atoms with Gasteiger partial charge in [-0.15, -0.1) is 0 Å². The van der Waals surface area contributed by atoms with E-state index in [0.717, 1.165) is 38.0 Å². The van der Waals surface area contributed by atoms with Crippen LogP contribution in [-0.2, 0) is 11.3 Å². The van der Waals surface area contributed by atoms with Crippen LogP contribution in [0.4, 0.5) is 5.82 Å². The van der Waals surface area contributed by atoms with Crippen molar-refractivity contribution in [1.82, 2.24) is 24.8 Å². The number of nitrogens with zero attached hydrogens (tertiary/aromatic N) is 5. The molecule has 2 aromatic heterocycles. The fourth-order valence-electron chi connectivity index (χ4n) is 5.38. The van der Waals surface area contributed by atoms with Gasteiger partial charge in [-0.3, -0.25) is 14.2 Å². The van der Waals surface area contributed by atoms with Crippen molar-refractivity contribution in [2.75, 3.05) is 44.2 Å². The first kappa shape index (κ1) is 24.4. The van der Waals surface area contributed by atoms with Crippen molar-refractivity contribution in [2.24, 2.45) is 5.92 Å². The molecule has 0 atom stereocenters. The van der Waals surface area contributed by atoms with E-state index in [1.54, 1.807) is 10.8 Å². The number of pyridine rings is 1. The number of rotatable bonds is 7. The second-order valence-electron chi connectivity index (χ2n) is 9.97. The van der Waals surface area contributed by atoms with Crippen LogP contribution in [0.3, 0.4) is 0 Å². The number of likely N-dealkylation sites (tertiary alicyclic amines) is 1. The molecule has 0 unspecified atom stereocenters. The minimum atomic E-state index is -0.134. The van der Waals surface area contributed by atoms with Gasteiger partial charge < -0.3 is 15.1 Å². The molecule has 8 heteroatoms. The van der Waals surface area contributed by atoms with Crippen LogP contribution in [0, 0.1) is 5.92 Å². The Bertz CT molecular complexity index is 1210. The maximum Gasteiger partial charge on any atom is 0.295 e. The first-order valence-electron chi connectivity index (χ1n) is 13.3. The highest BCUT2D eigenvalue weighted by Gasteiger charge is 2.27. The van der Waals surface area contributed by atoms with Crippen molar-refractivity contribution in [1.29, 1.82) is 0 Å². The molecule has 36 heavy (non-hydrogen) atoms. The summed E-state index contributed by atoms with van der Waals surface area (Å²) >= 11 is 0. The topological polar surface area (TPSA) is 83.4 Å². The van der Waals surface area contributed by atoms with Gasteiger partial charge in [0.1, 0.15) is 5.52 Å². The Kier molecular flexibility index (Phi) is 7.91. The van der Waals surface area contributed by atoms with E-state index in [-0.39, 0.29) is 17.4 Å². The minimum Gasteiger partial charge on any atom is -0.355 e. The third-order valence-electron chi connectivity index (χ3n) is 7.46. The van der Waals surface area contributed by atoms with Crippen LogP contribution in [0.15, 0.2) is 53.5 Å². The molecule has 0 radical (unpaired) electrons. The van der Waals surface area contributed by atoms with Crippen molar-refractivity contribution in [3.63, 3.8) is 0 Å². The van der Waals surface area contributed by atoms with Crippen LogP contribution in [-0.4, -0.2) is 64.6 Å². The Morgan fingerprint density at radius 2 is 1.69 bits per heavy atom. The summed E-state index contributed by atoms with van der Waals surface area (Å²) < 4.78 is 1.72. The average Bonchev–Trinajstić information content (AvgIpc) is 3.20. The molecule has 0 aliphatic carbocycles. The molecule has 4 heterocycles. The minimum absolute atomic E-state index is 0.0148. The first-order chi connectivity index (χ1) is 17.7. The van der Waals surface area contributed by atoms with Crippen LogP contribution < -0.4 is 15.8 Å². The van der Waals surface area contributed by atoms with Crippen molar-refractivity contribution in [3.05, 3.63) is 64.6 Å². The second-order valence-corrected chi connectivity index (χ2v) is 9.97. The normalized spacial score (nSPS) is 17.7. The zero-order chi connectivity index (χ0) is 24.7. The van der Waals surface area contributed by atoms with E-state index in [2.05, 4.69) is 15.2 Å². The molecule has 2 aliphatic rings. The number of benzene rings is 1. The number of carbonyl (C=O) groups excluding carboxylic acids is 1. The van der Waals surface area contributed by atoms with Crippen molar-refractivity contribution >= 4 is 22.9 Å². The Balaban J connectivity index is 1.23.